The monoisotopic (exact) mass is 412 g/mol. The Bertz CT molecular complexity index is 932. The number of furan rings is 1. The van der Waals surface area contributed by atoms with Gasteiger partial charge >= 0.3 is 0 Å². The van der Waals surface area contributed by atoms with Gasteiger partial charge in [-0.3, -0.25) is 9.59 Å². The molecule has 0 atom stereocenters. The first-order valence-corrected chi connectivity index (χ1v) is 8.81. The van der Waals surface area contributed by atoms with Gasteiger partial charge in [0, 0.05) is 15.7 Å². The highest BCUT2D eigenvalue weighted by molar-refractivity contribution is 9.10. The Balaban J connectivity index is 1.59. The summed E-state index contributed by atoms with van der Waals surface area (Å²) in [6, 6.07) is 17.9. The van der Waals surface area contributed by atoms with Gasteiger partial charge in [-0.2, -0.15) is 0 Å². The molecule has 5 nitrogen and oxygen atoms in total. The molecule has 0 aliphatic rings. The number of carbonyl (C=O) groups excluding carboxylic acids is 2. The molecule has 0 radical (unpaired) electrons. The standard InChI is InChI=1S/C20H17BrN2O3/c1-13-4-2-3-5-17(13)19(24)22-12-16-10-11-18(26-16)20(25)23-15-8-6-14(21)7-9-15/h2-11H,12H2,1H3,(H,22,24)(H,23,25). The molecule has 26 heavy (non-hydrogen) atoms. The number of amides is 2. The third-order valence-corrected chi connectivity index (χ3v) is 4.33. The molecule has 6 heteroatoms. The second-order valence-electron chi connectivity index (χ2n) is 5.72. The zero-order valence-electron chi connectivity index (χ0n) is 14.1. The van der Waals surface area contributed by atoms with E-state index in [0.717, 1.165) is 10.0 Å². The zero-order valence-corrected chi connectivity index (χ0v) is 15.7. The van der Waals surface area contributed by atoms with Crippen molar-refractivity contribution >= 4 is 33.4 Å². The van der Waals surface area contributed by atoms with E-state index in [0.29, 0.717) is 17.0 Å². The predicted molar refractivity (Wildman–Crippen MR) is 103 cm³/mol. The minimum Gasteiger partial charge on any atom is -0.454 e. The quantitative estimate of drug-likeness (QED) is 0.646. The maximum atomic E-state index is 12.2. The van der Waals surface area contributed by atoms with Crippen LogP contribution in [-0.4, -0.2) is 11.8 Å². The molecule has 0 aliphatic carbocycles. The molecule has 3 rings (SSSR count). The van der Waals surface area contributed by atoms with Crippen molar-refractivity contribution in [2.75, 3.05) is 5.32 Å². The molecule has 0 saturated heterocycles. The van der Waals surface area contributed by atoms with E-state index in [4.69, 9.17) is 4.42 Å². The molecule has 0 aliphatic heterocycles. The summed E-state index contributed by atoms with van der Waals surface area (Å²) in [5.41, 5.74) is 2.19. The summed E-state index contributed by atoms with van der Waals surface area (Å²) in [7, 11) is 0. The average molecular weight is 413 g/mol. The average Bonchev–Trinajstić information content (AvgIpc) is 3.11. The highest BCUT2D eigenvalue weighted by atomic mass is 79.9. The smallest absolute Gasteiger partial charge is 0.291 e. The third kappa shape index (κ3) is 4.40. The van der Waals surface area contributed by atoms with Crippen LogP contribution in [0.3, 0.4) is 0 Å². The molecule has 132 valence electrons. The summed E-state index contributed by atoms with van der Waals surface area (Å²) >= 11 is 3.34. The second-order valence-corrected chi connectivity index (χ2v) is 6.64. The van der Waals surface area contributed by atoms with Gasteiger partial charge in [0.1, 0.15) is 5.76 Å². The zero-order chi connectivity index (χ0) is 18.5. The van der Waals surface area contributed by atoms with Gasteiger partial charge in [0.15, 0.2) is 5.76 Å². The molecule has 2 aromatic carbocycles. The maximum Gasteiger partial charge on any atom is 0.291 e. The van der Waals surface area contributed by atoms with Crippen LogP contribution in [-0.2, 0) is 6.54 Å². The number of anilines is 1. The van der Waals surface area contributed by atoms with Crippen LogP contribution in [0.15, 0.2) is 69.6 Å². The molecule has 0 fully saturated rings. The van der Waals surface area contributed by atoms with Gasteiger partial charge in [0.2, 0.25) is 0 Å². The number of benzene rings is 2. The van der Waals surface area contributed by atoms with Gasteiger partial charge in [0.25, 0.3) is 11.8 Å². The topological polar surface area (TPSA) is 71.3 Å². The Morgan fingerprint density at radius 1 is 0.962 bits per heavy atom. The van der Waals surface area contributed by atoms with Gasteiger partial charge < -0.3 is 15.1 Å². The number of hydrogen-bond donors (Lipinski definition) is 2. The number of nitrogens with one attached hydrogen (secondary N) is 2. The minimum absolute atomic E-state index is 0.180. The lowest BCUT2D eigenvalue weighted by Gasteiger charge is -2.06. The Hall–Kier alpha value is -2.86. The summed E-state index contributed by atoms with van der Waals surface area (Å²) < 4.78 is 6.45. The first-order valence-electron chi connectivity index (χ1n) is 8.02. The van der Waals surface area contributed by atoms with E-state index in [1.807, 2.05) is 37.3 Å². The first-order chi connectivity index (χ1) is 12.5. The van der Waals surface area contributed by atoms with Crippen molar-refractivity contribution in [3.8, 4) is 0 Å². The van der Waals surface area contributed by atoms with Crippen LogP contribution in [0.4, 0.5) is 5.69 Å². The van der Waals surface area contributed by atoms with Crippen molar-refractivity contribution in [3.63, 3.8) is 0 Å². The van der Waals surface area contributed by atoms with Gasteiger partial charge in [0.05, 0.1) is 6.54 Å². The molecule has 0 spiro atoms. The van der Waals surface area contributed by atoms with Crippen LogP contribution in [0.25, 0.3) is 0 Å². The highest BCUT2D eigenvalue weighted by Gasteiger charge is 2.13. The Morgan fingerprint density at radius 2 is 1.69 bits per heavy atom. The molecule has 0 bridgehead atoms. The molecule has 0 unspecified atom stereocenters. The van der Waals surface area contributed by atoms with E-state index in [1.54, 1.807) is 30.3 Å². The number of halogens is 1. The van der Waals surface area contributed by atoms with Crippen molar-refractivity contribution < 1.29 is 14.0 Å². The highest BCUT2D eigenvalue weighted by Crippen LogP contribution is 2.16. The van der Waals surface area contributed by atoms with Crippen molar-refractivity contribution in [3.05, 3.63) is 87.8 Å². The molecule has 3 aromatic rings. The third-order valence-electron chi connectivity index (χ3n) is 3.80. The fourth-order valence-electron chi connectivity index (χ4n) is 2.41. The molecule has 2 N–H and O–H groups in total. The molecular weight excluding hydrogens is 396 g/mol. The Kier molecular flexibility index (Phi) is 5.53. The van der Waals surface area contributed by atoms with Crippen molar-refractivity contribution in [2.45, 2.75) is 13.5 Å². The normalized spacial score (nSPS) is 10.4. The molecule has 2 amide bonds. The van der Waals surface area contributed by atoms with Crippen LogP contribution in [0, 0.1) is 6.92 Å². The molecule has 0 saturated carbocycles. The number of aryl methyl sites for hydroxylation is 1. The first kappa shape index (κ1) is 17.9. The predicted octanol–water partition coefficient (Wildman–Crippen LogP) is 4.53. The summed E-state index contributed by atoms with van der Waals surface area (Å²) in [4.78, 5) is 24.4. The summed E-state index contributed by atoms with van der Waals surface area (Å²) in [6.07, 6.45) is 0. The Labute approximate surface area is 159 Å². The van der Waals surface area contributed by atoms with E-state index < -0.39 is 0 Å². The number of hydrogen-bond acceptors (Lipinski definition) is 3. The second kappa shape index (κ2) is 8.01. The maximum absolute atomic E-state index is 12.2. The Morgan fingerprint density at radius 3 is 2.42 bits per heavy atom. The van der Waals surface area contributed by atoms with Crippen molar-refractivity contribution in [1.29, 1.82) is 0 Å². The van der Waals surface area contributed by atoms with Gasteiger partial charge in [-0.1, -0.05) is 34.1 Å². The minimum atomic E-state index is -0.344. The van der Waals surface area contributed by atoms with E-state index in [2.05, 4.69) is 26.6 Å². The van der Waals surface area contributed by atoms with Crippen LogP contribution in [0.2, 0.25) is 0 Å². The van der Waals surface area contributed by atoms with Crippen LogP contribution >= 0.6 is 15.9 Å². The van der Waals surface area contributed by atoms with Crippen LogP contribution in [0.5, 0.6) is 0 Å². The van der Waals surface area contributed by atoms with Crippen LogP contribution < -0.4 is 10.6 Å². The fourth-order valence-corrected chi connectivity index (χ4v) is 2.68. The molecular formula is C20H17BrN2O3. The lowest BCUT2D eigenvalue weighted by atomic mass is 10.1. The molecule has 1 aromatic heterocycles. The summed E-state index contributed by atoms with van der Waals surface area (Å²) in [5, 5.41) is 5.55. The van der Waals surface area contributed by atoms with Gasteiger partial charge in [-0.05, 0) is 55.0 Å². The van der Waals surface area contributed by atoms with E-state index >= 15 is 0 Å². The fraction of sp³-hybridized carbons (Fsp3) is 0.100. The van der Waals surface area contributed by atoms with E-state index in [9.17, 15) is 9.59 Å². The largest absolute Gasteiger partial charge is 0.454 e. The summed E-state index contributed by atoms with van der Waals surface area (Å²) in [6.45, 7) is 2.09. The molecule has 1 heterocycles. The van der Waals surface area contributed by atoms with Crippen LogP contribution in [0.1, 0.15) is 32.2 Å². The lowest BCUT2D eigenvalue weighted by Crippen LogP contribution is -2.23. The summed E-state index contributed by atoms with van der Waals surface area (Å²) in [5.74, 6) is 0.171. The lowest BCUT2D eigenvalue weighted by molar-refractivity contribution is 0.0947. The SMILES string of the molecule is Cc1ccccc1C(=O)NCc1ccc(C(=O)Nc2ccc(Br)cc2)o1. The van der Waals surface area contributed by atoms with E-state index in [1.165, 1.54) is 0 Å². The number of carbonyl (C=O) groups is 2. The van der Waals surface area contributed by atoms with Crippen molar-refractivity contribution in [1.82, 2.24) is 5.32 Å². The number of rotatable bonds is 5. The van der Waals surface area contributed by atoms with E-state index in [-0.39, 0.29) is 24.1 Å². The van der Waals surface area contributed by atoms with Gasteiger partial charge in [-0.15, -0.1) is 0 Å². The van der Waals surface area contributed by atoms with Gasteiger partial charge in [-0.25, -0.2) is 0 Å². The van der Waals surface area contributed by atoms with Crippen molar-refractivity contribution in [2.24, 2.45) is 0 Å².